The number of ether oxygens (including phenoxy) is 1. The Kier molecular flexibility index (Phi) is 5.48. The fraction of sp³-hybridized carbons (Fsp3) is 0.389. The second kappa shape index (κ2) is 8.13. The normalized spacial score (nSPS) is 17.1. The fourth-order valence-corrected chi connectivity index (χ4v) is 3.61. The molecule has 0 saturated carbocycles. The first-order valence-electron chi connectivity index (χ1n) is 9.81. The highest BCUT2D eigenvalue weighted by molar-refractivity contribution is 6.59. The Morgan fingerprint density at radius 2 is 2.00 bits per heavy atom. The number of carboxylic acid groups (broad SMARTS) is 2. The molecule has 2 aliphatic rings. The number of nitrogens with zero attached hydrogens (tertiary/aromatic N) is 4. The first kappa shape index (κ1) is 21.6. The monoisotopic (exact) mass is 445 g/mol. The molecule has 0 aliphatic carbocycles. The van der Waals surface area contributed by atoms with Crippen LogP contribution in [0.1, 0.15) is 21.6 Å². The molecule has 0 atom stereocenters. The van der Waals surface area contributed by atoms with E-state index in [2.05, 4.69) is 10.3 Å². The molecule has 1 aromatic heterocycles. The number of hydrogen-bond donors (Lipinski definition) is 2. The molecule has 13 nitrogen and oxygen atoms in total. The number of carboxylic acids is 2. The van der Waals surface area contributed by atoms with Crippen molar-refractivity contribution in [1.82, 2.24) is 19.9 Å². The number of carbonyl (C=O) groups excluding carboxylic acids is 3. The minimum atomic E-state index is -3.17. The number of aryl methyl sites for hydroxylation is 1. The molecule has 14 heteroatoms. The van der Waals surface area contributed by atoms with E-state index in [1.807, 2.05) is 0 Å². The Hall–Kier alpha value is -3.65. The summed E-state index contributed by atoms with van der Waals surface area (Å²) in [7, 11) is 0. The van der Waals surface area contributed by atoms with Gasteiger partial charge in [-0.1, -0.05) is 17.6 Å². The summed E-state index contributed by atoms with van der Waals surface area (Å²) in [5, 5.41) is 49.1. The molecule has 0 radical (unpaired) electrons. The predicted octanol–water partition coefficient (Wildman–Crippen LogP) is -3.92. The van der Waals surface area contributed by atoms with Gasteiger partial charge in [-0.05, 0) is 18.1 Å². The Bertz CT molecular complexity index is 1080. The molecule has 0 bridgehead atoms. The number of hydrogen-bond acceptors (Lipinski definition) is 11. The highest BCUT2D eigenvalue weighted by Gasteiger charge is 2.35. The summed E-state index contributed by atoms with van der Waals surface area (Å²) in [6.45, 7) is -3.27. The summed E-state index contributed by atoms with van der Waals surface area (Å²) in [6.07, 6.45) is 0.923. The molecule has 1 saturated heterocycles. The largest absolute Gasteiger partial charge is 0.669 e. The van der Waals surface area contributed by atoms with Gasteiger partial charge in [-0.2, -0.15) is 0 Å². The molecule has 2 aromatic rings. The van der Waals surface area contributed by atoms with Gasteiger partial charge < -0.3 is 44.1 Å². The second-order valence-electron chi connectivity index (χ2n) is 7.72. The van der Waals surface area contributed by atoms with Gasteiger partial charge in [0, 0.05) is 6.20 Å². The molecule has 170 valence electrons. The zero-order valence-corrected chi connectivity index (χ0v) is 16.7. The molecule has 1 fully saturated rings. The van der Waals surface area contributed by atoms with Gasteiger partial charge in [0.2, 0.25) is 5.91 Å². The zero-order chi connectivity index (χ0) is 23.0. The van der Waals surface area contributed by atoms with Crippen LogP contribution in [0.3, 0.4) is 0 Å². The van der Waals surface area contributed by atoms with Crippen LogP contribution in [0.15, 0.2) is 18.3 Å². The number of rotatable bonds is 7. The number of fused-ring (bicyclic) bond motifs is 1. The number of amides is 1. The highest BCUT2D eigenvalue weighted by Crippen LogP contribution is 2.38. The van der Waals surface area contributed by atoms with Crippen LogP contribution in [0.2, 0.25) is 6.32 Å². The minimum Gasteiger partial charge on any atom is -0.669 e. The Labute approximate surface area is 180 Å². The minimum absolute atomic E-state index is 0.0552. The maximum absolute atomic E-state index is 12.3. The lowest BCUT2D eigenvalue weighted by Gasteiger charge is -2.41. The van der Waals surface area contributed by atoms with Crippen molar-refractivity contribution >= 4 is 24.6 Å². The number of aliphatic carboxylic acids is 1. The topological polar surface area (TPSA) is 190 Å². The van der Waals surface area contributed by atoms with Crippen LogP contribution in [0.25, 0.3) is 0 Å². The quantitative estimate of drug-likeness (QED) is 0.396. The molecule has 0 spiro atoms. The third kappa shape index (κ3) is 4.50. The number of benzene rings is 1. The van der Waals surface area contributed by atoms with Crippen molar-refractivity contribution < 1.29 is 44.0 Å². The van der Waals surface area contributed by atoms with Crippen LogP contribution in [0.4, 0.5) is 0 Å². The maximum atomic E-state index is 12.3. The van der Waals surface area contributed by atoms with Crippen LogP contribution in [-0.4, -0.2) is 73.7 Å². The first-order chi connectivity index (χ1) is 15.1. The molecule has 1 aromatic carbocycles. The lowest BCUT2D eigenvalue weighted by atomic mass is 9.70. The van der Waals surface area contributed by atoms with E-state index in [0.29, 0.717) is 11.3 Å². The Morgan fingerprint density at radius 1 is 1.25 bits per heavy atom. The van der Waals surface area contributed by atoms with Crippen LogP contribution >= 0.6 is 0 Å². The van der Waals surface area contributed by atoms with Gasteiger partial charge in [0.25, 0.3) is 0 Å². The lowest BCUT2D eigenvalue weighted by molar-refractivity contribution is -0.306. The van der Waals surface area contributed by atoms with E-state index in [0.717, 1.165) is 4.68 Å². The van der Waals surface area contributed by atoms with Crippen molar-refractivity contribution in [1.29, 1.82) is 0 Å². The Morgan fingerprint density at radius 3 is 2.69 bits per heavy atom. The summed E-state index contributed by atoms with van der Waals surface area (Å²) in [5.74, 6) is -3.45. The van der Waals surface area contributed by atoms with E-state index >= 15 is 0 Å². The van der Waals surface area contributed by atoms with Crippen molar-refractivity contribution in [2.45, 2.75) is 31.8 Å². The molecule has 32 heavy (non-hydrogen) atoms. The predicted molar refractivity (Wildman–Crippen MR) is 99.8 cm³/mol. The van der Waals surface area contributed by atoms with E-state index in [9.17, 15) is 34.6 Å². The maximum Gasteiger partial charge on any atom is 0.430 e. The van der Waals surface area contributed by atoms with E-state index in [1.165, 1.54) is 17.2 Å². The van der Waals surface area contributed by atoms with Crippen molar-refractivity contribution in [3.8, 4) is 11.5 Å². The highest BCUT2D eigenvalue weighted by atomic mass is 16.6. The van der Waals surface area contributed by atoms with Crippen LogP contribution in [0.5, 0.6) is 11.5 Å². The molecule has 3 heterocycles. The van der Waals surface area contributed by atoms with Crippen molar-refractivity contribution in [3.05, 3.63) is 35.2 Å². The van der Waals surface area contributed by atoms with E-state index in [1.54, 1.807) is 6.07 Å². The Balaban J connectivity index is 1.38. The average Bonchev–Trinajstić information content (AvgIpc) is 3.08. The van der Waals surface area contributed by atoms with Crippen molar-refractivity contribution in [2.75, 3.05) is 13.1 Å². The van der Waals surface area contributed by atoms with Gasteiger partial charge in [-0.25, -0.2) is 4.68 Å². The van der Waals surface area contributed by atoms with E-state index in [4.69, 9.17) is 9.39 Å². The van der Waals surface area contributed by atoms with Crippen LogP contribution in [-0.2, 0) is 29.0 Å². The SMILES string of the molecule is O=C([O-])Cn1cc(CC(=O)N2CC(Oc3ccc4c(c3C(=O)[O-])O[B-](O)(O)CC4)C2)nn1. The van der Waals surface area contributed by atoms with Gasteiger partial charge in [-0.15, -0.1) is 5.10 Å². The number of likely N-dealkylation sites (tertiary alicyclic amines) is 1. The molecule has 1 amide bonds. The van der Waals surface area contributed by atoms with Gasteiger partial charge in [0.15, 0.2) is 0 Å². The third-order valence-corrected chi connectivity index (χ3v) is 5.21. The summed E-state index contributed by atoms with van der Waals surface area (Å²) < 4.78 is 11.8. The van der Waals surface area contributed by atoms with E-state index in [-0.39, 0.29) is 49.7 Å². The smallest absolute Gasteiger partial charge is 0.430 e. The molecular formula is C18H18BN4O9-3. The van der Waals surface area contributed by atoms with Crippen molar-refractivity contribution in [3.63, 3.8) is 0 Å². The second-order valence-corrected chi connectivity index (χ2v) is 7.72. The van der Waals surface area contributed by atoms with Crippen LogP contribution < -0.4 is 19.6 Å². The molecule has 4 rings (SSSR count). The van der Waals surface area contributed by atoms with E-state index < -0.39 is 36.9 Å². The fourth-order valence-electron chi connectivity index (χ4n) is 3.61. The summed E-state index contributed by atoms with van der Waals surface area (Å²) in [4.78, 5) is 36.1. The molecular weight excluding hydrogens is 427 g/mol. The molecule has 0 unspecified atom stereocenters. The third-order valence-electron chi connectivity index (χ3n) is 5.21. The number of aromatic carboxylic acids is 1. The van der Waals surface area contributed by atoms with Gasteiger partial charge >= 0.3 is 6.75 Å². The van der Waals surface area contributed by atoms with Crippen molar-refractivity contribution in [2.24, 2.45) is 0 Å². The zero-order valence-electron chi connectivity index (χ0n) is 16.7. The lowest BCUT2D eigenvalue weighted by Crippen LogP contribution is -2.56. The number of carbonyl (C=O) groups is 3. The summed E-state index contributed by atoms with van der Waals surface area (Å²) in [5.41, 5.74) is 0.380. The molecule has 2 N–H and O–H groups in total. The van der Waals surface area contributed by atoms with Gasteiger partial charge in [-0.3, -0.25) is 4.79 Å². The van der Waals surface area contributed by atoms with Gasteiger partial charge in [0.05, 0.1) is 55.0 Å². The van der Waals surface area contributed by atoms with Crippen LogP contribution in [0, 0.1) is 0 Å². The first-order valence-corrected chi connectivity index (χ1v) is 9.81. The number of aromatic nitrogens is 3. The average molecular weight is 445 g/mol. The van der Waals surface area contributed by atoms with Gasteiger partial charge in [0.1, 0.15) is 11.9 Å². The summed E-state index contributed by atoms with van der Waals surface area (Å²) in [6, 6.07) is 3.03. The standard InChI is InChI=1S/C18H20BN4O9/c24-14(5-11-6-23(21-20-11)9-15(25)26)22-7-12(8-22)31-13-2-1-10-3-4-19(29,30)32-17(10)16(13)18(27)28/h1-2,6,12,29-30H,3-5,7-9H2,(H,25,26)(H,27,28)/q-1/p-2. The molecule has 2 aliphatic heterocycles. The summed E-state index contributed by atoms with van der Waals surface area (Å²) >= 11 is 0.